The number of rotatable bonds is 6. The number of nitrogens with one attached hydrogen (secondary N) is 1. The zero-order valence-electron chi connectivity index (χ0n) is 17.9. The van der Waals surface area contributed by atoms with E-state index < -0.39 is 28.9 Å². The Kier molecular flexibility index (Phi) is 6.55. The average Bonchev–Trinajstić information content (AvgIpc) is 2.83. The molecule has 34 heavy (non-hydrogen) atoms. The summed E-state index contributed by atoms with van der Waals surface area (Å²) in [5.74, 6) is 0.159. The molecule has 8 nitrogen and oxygen atoms in total. The van der Waals surface area contributed by atoms with Gasteiger partial charge >= 0.3 is 6.18 Å². The molecule has 2 aromatic heterocycles. The number of hydrogen-bond donors (Lipinski definition) is 2. The molecule has 3 N–H and O–H groups in total. The first-order valence-electron chi connectivity index (χ1n) is 10.4. The van der Waals surface area contributed by atoms with Crippen molar-refractivity contribution in [3.8, 4) is 16.9 Å². The van der Waals surface area contributed by atoms with E-state index in [9.17, 15) is 22.8 Å². The zero-order chi connectivity index (χ0) is 24.3. The highest BCUT2D eigenvalue weighted by Crippen LogP contribution is 2.35. The smallest absolute Gasteiger partial charge is 0.431 e. The second-order valence-electron chi connectivity index (χ2n) is 7.60. The summed E-state index contributed by atoms with van der Waals surface area (Å²) >= 11 is 0. The fourth-order valence-electron chi connectivity index (χ4n) is 3.54. The van der Waals surface area contributed by atoms with E-state index in [4.69, 9.17) is 15.2 Å². The Morgan fingerprint density at radius 1 is 1.15 bits per heavy atom. The van der Waals surface area contributed by atoms with Crippen LogP contribution < -0.4 is 20.9 Å². The van der Waals surface area contributed by atoms with E-state index in [2.05, 4.69) is 9.88 Å². The van der Waals surface area contributed by atoms with Gasteiger partial charge in [-0.15, -0.1) is 0 Å². The quantitative estimate of drug-likeness (QED) is 0.569. The van der Waals surface area contributed by atoms with Crippen molar-refractivity contribution >= 4 is 11.7 Å². The minimum Gasteiger partial charge on any atom is -0.489 e. The monoisotopic (exact) mass is 474 g/mol. The number of alkyl halides is 3. The van der Waals surface area contributed by atoms with Crippen molar-refractivity contribution in [3.63, 3.8) is 0 Å². The molecular weight excluding hydrogens is 453 g/mol. The zero-order valence-corrected chi connectivity index (χ0v) is 17.9. The third-order valence-electron chi connectivity index (χ3n) is 5.31. The van der Waals surface area contributed by atoms with E-state index >= 15 is 0 Å². The Morgan fingerprint density at radius 2 is 1.85 bits per heavy atom. The Balaban J connectivity index is 1.49. The Labute approximate surface area is 192 Å². The van der Waals surface area contributed by atoms with E-state index in [1.54, 1.807) is 11.2 Å². The van der Waals surface area contributed by atoms with Gasteiger partial charge in [-0.2, -0.15) is 13.2 Å². The van der Waals surface area contributed by atoms with E-state index in [1.807, 2.05) is 12.1 Å². The SMILES string of the molecule is NC(=O)c1cc(-c2ccc(OCc3ccc(N4CCOCC4)nc3)cc2)c(C(F)(F)F)[nH]c1=O. The summed E-state index contributed by atoms with van der Waals surface area (Å²) in [7, 11) is 0. The summed E-state index contributed by atoms with van der Waals surface area (Å²) in [4.78, 5) is 31.5. The molecule has 0 unspecified atom stereocenters. The normalized spacial score (nSPS) is 14.1. The Hall–Kier alpha value is -3.86. The van der Waals surface area contributed by atoms with Crippen LogP contribution in [0.1, 0.15) is 21.6 Å². The molecule has 1 aromatic carbocycles. The summed E-state index contributed by atoms with van der Waals surface area (Å²) in [6.07, 6.45) is -3.12. The molecule has 11 heteroatoms. The third-order valence-corrected chi connectivity index (χ3v) is 5.31. The Morgan fingerprint density at radius 3 is 2.44 bits per heavy atom. The molecule has 1 saturated heterocycles. The number of morpholine rings is 1. The molecule has 0 spiro atoms. The van der Waals surface area contributed by atoms with Gasteiger partial charge < -0.3 is 25.1 Å². The molecule has 0 atom stereocenters. The third kappa shape index (κ3) is 5.20. The van der Waals surface area contributed by atoms with Gasteiger partial charge in [-0.1, -0.05) is 18.2 Å². The van der Waals surface area contributed by atoms with Crippen molar-refractivity contribution in [2.75, 3.05) is 31.2 Å². The van der Waals surface area contributed by atoms with Gasteiger partial charge in [0.05, 0.1) is 13.2 Å². The number of ether oxygens (including phenoxy) is 2. The number of aromatic nitrogens is 2. The maximum Gasteiger partial charge on any atom is 0.431 e. The van der Waals surface area contributed by atoms with Crippen LogP contribution in [0.2, 0.25) is 0 Å². The minimum absolute atomic E-state index is 0.134. The van der Waals surface area contributed by atoms with Gasteiger partial charge in [0.2, 0.25) is 0 Å². The number of primary amides is 1. The molecule has 1 aliphatic rings. The summed E-state index contributed by atoms with van der Waals surface area (Å²) in [5.41, 5.74) is 2.69. The van der Waals surface area contributed by atoms with E-state index in [0.29, 0.717) is 19.0 Å². The molecule has 1 amide bonds. The second kappa shape index (κ2) is 9.56. The van der Waals surface area contributed by atoms with E-state index in [0.717, 1.165) is 30.5 Å². The Bertz CT molecular complexity index is 1220. The molecule has 0 radical (unpaired) electrons. The van der Waals surface area contributed by atoms with Crippen molar-refractivity contribution < 1.29 is 27.4 Å². The van der Waals surface area contributed by atoms with Crippen LogP contribution in [0.4, 0.5) is 19.0 Å². The number of benzene rings is 1. The number of aromatic amines is 1. The van der Waals surface area contributed by atoms with Crippen molar-refractivity contribution in [3.05, 3.63) is 75.8 Å². The van der Waals surface area contributed by atoms with Crippen molar-refractivity contribution in [2.45, 2.75) is 12.8 Å². The number of pyridine rings is 2. The number of carbonyl (C=O) groups excluding carboxylic acids is 1. The minimum atomic E-state index is -4.83. The number of carbonyl (C=O) groups is 1. The fourth-order valence-corrected chi connectivity index (χ4v) is 3.54. The molecule has 3 heterocycles. The molecule has 0 aliphatic carbocycles. The van der Waals surface area contributed by atoms with Gasteiger partial charge in [0.1, 0.15) is 29.4 Å². The predicted octanol–water partition coefficient (Wildman–Crippen LogP) is 2.97. The van der Waals surface area contributed by atoms with Crippen molar-refractivity contribution in [1.29, 1.82) is 0 Å². The average molecular weight is 474 g/mol. The van der Waals surface area contributed by atoms with Gasteiger partial charge in [-0.05, 0) is 29.8 Å². The molecular formula is C23H21F3N4O4. The van der Waals surface area contributed by atoms with Gasteiger partial charge in [0.15, 0.2) is 0 Å². The van der Waals surface area contributed by atoms with E-state index in [-0.39, 0.29) is 17.7 Å². The number of hydrogen-bond acceptors (Lipinski definition) is 6. The largest absolute Gasteiger partial charge is 0.489 e. The fraction of sp³-hybridized carbons (Fsp3) is 0.261. The predicted molar refractivity (Wildman–Crippen MR) is 118 cm³/mol. The summed E-state index contributed by atoms with van der Waals surface area (Å²) in [6, 6.07) is 10.5. The molecule has 0 bridgehead atoms. The highest BCUT2D eigenvalue weighted by atomic mass is 19.4. The molecule has 1 aliphatic heterocycles. The highest BCUT2D eigenvalue weighted by molar-refractivity contribution is 5.94. The van der Waals surface area contributed by atoms with Crippen molar-refractivity contribution in [2.24, 2.45) is 5.73 Å². The van der Waals surface area contributed by atoms with Gasteiger partial charge in [-0.25, -0.2) is 4.98 Å². The van der Waals surface area contributed by atoms with Crippen molar-refractivity contribution in [1.82, 2.24) is 9.97 Å². The van der Waals surface area contributed by atoms with Crippen LogP contribution >= 0.6 is 0 Å². The number of H-pyrrole nitrogens is 1. The first-order valence-corrected chi connectivity index (χ1v) is 10.4. The number of nitrogens with zero attached hydrogens (tertiary/aromatic N) is 2. The topological polar surface area (TPSA) is 111 Å². The maximum absolute atomic E-state index is 13.5. The van der Waals surface area contributed by atoms with Crippen LogP contribution in [0.3, 0.4) is 0 Å². The van der Waals surface area contributed by atoms with Crippen LogP contribution in [0.15, 0.2) is 53.5 Å². The molecule has 178 valence electrons. The first kappa shape index (κ1) is 23.3. The summed E-state index contributed by atoms with van der Waals surface area (Å²) < 4.78 is 51.4. The van der Waals surface area contributed by atoms with Crippen LogP contribution in [0.25, 0.3) is 11.1 Å². The molecule has 1 fully saturated rings. The van der Waals surface area contributed by atoms with Gasteiger partial charge in [0.25, 0.3) is 11.5 Å². The lowest BCUT2D eigenvalue weighted by Crippen LogP contribution is -2.36. The summed E-state index contributed by atoms with van der Waals surface area (Å²) in [5, 5.41) is 0. The lowest BCUT2D eigenvalue weighted by atomic mass is 10.0. The highest BCUT2D eigenvalue weighted by Gasteiger charge is 2.36. The number of halogens is 3. The lowest BCUT2D eigenvalue weighted by molar-refractivity contribution is -0.140. The molecule has 3 aromatic rings. The lowest BCUT2D eigenvalue weighted by Gasteiger charge is -2.27. The second-order valence-corrected chi connectivity index (χ2v) is 7.60. The van der Waals surface area contributed by atoms with Gasteiger partial charge in [-0.3, -0.25) is 9.59 Å². The van der Waals surface area contributed by atoms with Crippen LogP contribution in [-0.2, 0) is 17.5 Å². The van der Waals surface area contributed by atoms with Crippen LogP contribution in [0.5, 0.6) is 5.75 Å². The molecule has 0 saturated carbocycles. The number of anilines is 1. The first-order chi connectivity index (χ1) is 16.2. The molecule has 4 rings (SSSR count). The maximum atomic E-state index is 13.5. The van der Waals surface area contributed by atoms with Gasteiger partial charge in [0, 0.05) is 30.4 Å². The van der Waals surface area contributed by atoms with Crippen LogP contribution in [-0.4, -0.2) is 42.2 Å². The van der Waals surface area contributed by atoms with E-state index in [1.165, 1.54) is 24.3 Å². The summed E-state index contributed by atoms with van der Waals surface area (Å²) in [6.45, 7) is 3.10. The standard InChI is InChI=1S/C23H21F3N4O4/c24-23(25,26)20-17(11-18(21(27)31)22(32)29-20)15-2-4-16(5-3-15)34-13-14-1-6-19(28-12-14)30-7-9-33-10-8-30/h1-6,11-12H,7-10,13H2,(H2,27,31)(H,29,32). The number of nitrogens with two attached hydrogens (primary N) is 1. The number of amides is 1. The van der Waals surface area contributed by atoms with Crippen LogP contribution in [0, 0.1) is 0 Å².